The highest BCUT2D eigenvalue weighted by Crippen LogP contribution is 2.65. The lowest BCUT2D eigenvalue weighted by Gasteiger charge is -2.62. The van der Waals surface area contributed by atoms with Gasteiger partial charge in [-0.3, -0.25) is 4.79 Å². The molecule has 114 valence electrons. The van der Waals surface area contributed by atoms with E-state index in [9.17, 15) is 7.54 Å². The van der Waals surface area contributed by atoms with Crippen molar-refractivity contribution in [3.05, 3.63) is 0 Å². The van der Waals surface area contributed by atoms with Crippen LogP contribution in [0.2, 0.25) is 0 Å². The fraction of sp³-hybridized carbons (Fsp3) is 0.950. The lowest BCUT2D eigenvalue weighted by molar-refractivity contribution is -0.163. The monoisotopic (exact) mass is 286 g/mol. The van der Waals surface area contributed by atoms with Crippen LogP contribution in [-0.4, -0.2) is 5.78 Å². The zero-order chi connectivity index (χ0) is 15.6. The summed E-state index contributed by atoms with van der Waals surface area (Å²) in [6.07, 6.45) is 10.3. The van der Waals surface area contributed by atoms with Gasteiger partial charge in [0.2, 0.25) is 0 Å². The molecule has 21 heavy (non-hydrogen) atoms. The van der Waals surface area contributed by atoms with E-state index in [1.54, 1.807) is 0 Å². The Kier molecular flexibility index (Phi) is 1.96. The van der Waals surface area contributed by atoms with Crippen molar-refractivity contribution >= 4 is 5.78 Å². The van der Waals surface area contributed by atoms with E-state index in [0.717, 1.165) is 37.5 Å². The van der Waals surface area contributed by atoms with Crippen molar-refractivity contribution in [2.45, 2.75) is 57.8 Å². The van der Waals surface area contributed by atoms with Gasteiger partial charge in [-0.25, -0.2) is 0 Å². The molecule has 0 unspecified atom stereocenters. The summed E-state index contributed by atoms with van der Waals surface area (Å²) >= 11 is 0. The maximum atomic E-state index is 13.0. The molecule has 1 heteroatoms. The van der Waals surface area contributed by atoms with Gasteiger partial charge in [-0.1, -0.05) is 0 Å². The van der Waals surface area contributed by atoms with Crippen LogP contribution < -0.4 is 0 Å². The van der Waals surface area contributed by atoms with E-state index in [2.05, 4.69) is 0 Å². The Bertz CT molecular complexity index is 558. The van der Waals surface area contributed by atoms with Crippen molar-refractivity contribution in [3.8, 4) is 0 Å². The van der Waals surface area contributed by atoms with Crippen LogP contribution in [0, 0.1) is 59.1 Å². The Hall–Kier alpha value is -0.330. The molecular formula is C20H28O. The second-order valence-electron chi connectivity index (χ2n) is 9.37. The molecule has 0 N–H and O–H groups in total. The van der Waals surface area contributed by atoms with Gasteiger partial charge in [0, 0.05) is 14.6 Å². The van der Waals surface area contributed by atoms with Crippen molar-refractivity contribution in [1.82, 2.24) is 0 Å². The Balaban J connectivity index is 1.47. The number of carbonyl (C=O) groups is 1. The highest BCUT2D eigenvalue weighted by Gasteiger charge is 2.59. The number of ketones is 1. The van der Waals surface area contributed by atoms with Gasteiger partial charge in [-0.2, -0.15) is 0 Å². The number of carbonyl (C=O) groups excluding carboxylic acids is 1. The number of Topliss-reactive ketones (excluding diaryl/α,β-unsaturated/α-hetero) is 1. The molecule has 1 nitrogen and oxygen atoms in total. The third kappa shape index (κ3) is 1.51. The summed E-state index contributed by atoms with van der Waals surface area (Å²) in [7, 11) is 0. The Morgan fingerprint density at radius 2 is 1.24 bits per heavy atom. The molecule has 0 heterocycles. The summed E-state index contributed by atoms with van der Waals surface area (Å²) in [5.74, 6) is 2.76. The van der Waals surface area contributed by atoms with E-state index >= 15 is 0 Å². The summed E-state index contributed by atoms with van der Waals surface area (Å²) < 4.78 is 19.3. The van der Waals surface area contributed by atoms with Crippen molar-refractivity contribution in [1.29, 1.82) is 0 Å². The average Bonchev–Trinajstić information content (AvgIpc) is 2.53. The quantitative estimate of drug-likeness (QED) is 0.702. The second kappa shape index (κ2) is 3.95. The molecule has 0 saturated heterocycles. The number of fused-ring (bicyclic) bond motifs is 1. The molecule has 0 spiro atoms. The average molecular weight is 286 g/mol. The van der Waals surface area contributed by atoms with Crippen LogP contribution in [0.1, 0.15) is 60.5 Å². The van der Waals surface area contributed by atoms with Gasteiger partial charge in [-0.05, 0) is 105 Å². The molecule has 0 aromatic carbocycles. The zero-order valence-electron chi connectivity index (χ0n) is 14.9. The maximum Gasteiger partial charge on any atom is 0.139 e. The van der Waals surface area contributed by atoms with Crippen LogP contribution >= 0.6 is 0 Å². The van der Waals surface area contributed by atoms with Gasteiger partial charge in [0.25, 0.3) is 0 Å². The van der Waals surface area contributed by atoms with Crippen LogP contribution in [0.25, 0.3) is 0 Å². The number of hydrogen-bond donors (Lipinski definition) is 0. The first-order valence-corrected chi connectivity index (χ1v) is 9.53. The first-order valence-electron chi connectivity index (χ1n) is 10.5. The van der Waals surface area contributed by atoms with Gasteiger partial charge < -0.3 is 0 Å². The predicted octanol–water partition coefficient (Wildman–Crippen LogP) is 4.31. The van der Waals surface area contributed by atoms with Crippen LogP contribution in [0.5, 0.6) is 0 Å². The molecule has 8 bridgehead atoms. The minimum Gasteiger partial charge on any atom is -0.299 e. The Morgan fingerprint density at radius 1 is 0.667 bits per heavy atom. The summed E-state index contributed by atoms with van der Waals surface area (Å²) in [5.41, 5.74) is 0. The molecule has 0 aromatic rings. The third-order valence-corrected chi connectivity index (χ3v) is 8.29. The number of rotatable bonds is 1. The lowest BCUT2D eigenvalue weighted by atomic mass is 9.42. The van der Waals surface area contributed by atoms with Gasteiger partial charge in [0.1, 0.15) is 5.78 Å². The molecule has 8 rings (SSSR count). The summed E-state index contributed by atoms with van der Waals surface area (Å²) in [6.45, 7) is 0. The van der Waals surface area contributed by atoms with Crippen LogP contribution in [-0.2, 0) is 4.79 Å². The fourth-order valence-electron chi connectivity index (χ4n) is 8.01. The van der Waals surface area contributed by atoms with Crippen molar-refractivity contribution in [2.24, 2.45) is 59.1 Å². The van der Waals surface area contributed by atoms with E-state index in [1.165, 1.54) is 32.1 Å². The van der Waals surface area contributed by atoms with E-state index in [-0.39, 0.29) is 11.8 Å². The van der Waals surface area contributed by atoms with Crippen LogP contribution in [0.3, 0.4) is 0 Å². The molecule has 8 aliphatic rings. The molecule has 8 fully saturated rings. The minimum absolute atomic E-state index is 0.0891. The highest BCUT2D eigenvalue weighted by atomic mass is 16.1. The van der Waals surface area contributed by atoms with Crippen LogP contribution in [0.4, 0.5) is 0 Å². The topological polar surface area (TPSA) is 17.1 Å². The summed E-state index contributed by atoms with van der Waals surface area (Å²) in [5, 5.41) is 0. The minimum atomic E-state index is -0.750. The molecular weight excluding hydrogens is 256 g/mol. The van der Waals surface area contributed by atoms with Gasteiger partial charge in [0.15, 0.2) is 0 Å². The summed E-state index contributed by atoms with van der Waals surface area (Å²) in [6, 6.07) is 0. The molecule has 0 amide bonds. The van der Waals surface area contributed by atoms with E-state index < -0.39 is 11.8 Å². The smallest absolute Gasteiger partial charge is 0.139 e. The molecule has 0 radical (unpaired) electrons. The van der Waals surface area contributed by atoms with Crippen LogP contribution in [0.15, 0.2) is 0 Å². The van der Waals surface area contributed by atoms with Gasteiger partial charge >= 0.3 is 0 Å². The van der Waals surface area contributed by atoms with Crippen molar-refractivity contribution in [2.75, 3.05) is 0 Å². The van der Waals surface area contributed by atoms with E-state index in [1.807, 2.05) is 0 Å². The predicted molar refractivity (Wildman–Crippen MR) is 81.5 cm³/mol. The second-order valence-corrected chi connectivity index (χ2v) is 9.37. The molecule has 5 atom stereocenters. The first kappa shape index (κ1) is 10.4. The number of hydrogen-bond acceptors (Lipinski definition) is 1. The van der Waals surface area contributed by atoms with E-state index in [4.69, 9.17) is 0 Å². The Morgan fingerprint density at radius 3 is 1.90 bits per heavy atom. The molecule has 0 aliphatic heterocycles. The molecule has 8 aliphatic carbocycles. The van der Waals surface area contributed by atoms with Crippen molar-refractivity contribution < 1.29 is 7.54 Å². The van der Waals surface area contributed by atoms with Gasteiger partial charge in [-0.15, -0.1) is 0 Å². The largest absolute Gasteiger partial charge is 0.299 e. The van der Waals surface area contributed by atoms with Gasteiger partial charge in [0.05, 0.1) is 0 Å². The third-order valence-electron chi connectivity index (χ3n) is 8.29. The standard InChI is InChI=1S/C20H28O/c21-20-16-7-12-6-15(9-16)19(17(20)8-12)18-13-2-10-1-11(4-13)5-14(18)3-10/h10-19H,1-9H2/t10?,11?,12-,13?,14?,15+,16-,17+,18?,19-/m1/s1/i18D,19D. The highest BCUT2D eigenvalue weighted by molar-refractivity contribution is 5.85. The molecule has 8 saturated carbocycles. The SMILES string of the molecule is [2H]C1([C@]2([2H])[C@H]3C[C@@H]4C[C@H](C3)C(=O)[C@H]2C4)C2CC3CC(C2)CC1C3. The Labute approximate surface area is 131 Å². The van der Waals surface area contributed by atoms with E-state index in [0.29, 0.717) is 29.5 Å². The fourth-order valence-corrected chi connectivity index (χ4v) is 8.01. The molecule has 0 aromatic heterocycles. The summed E-state index contributed by atoms with van der Waals surface area (Å²) in [4.78, 5) is 13.0. The zero-order valence-corrected chi connectivity index (χ0v) is 12.9. The maximum absolute atomic E-state index is 13.0. The van der Waals surface area contributed by atoms with Crippen molar-refractivity contribution in [3.63, 3.8) is 0 Å². The normalized spacial score (nSPS) is 71.9. The first-order chi connectivity index (χ1) is 11.0. The lowest BCUT2D eigenvalue weighted by Crippen LogP contribution is -2.58.